The Morgan fingerprint density at radius 2 is 1.38 bits per heavy atom. The zero-order chi connectivity index (χ0) is 18.5. The molecule has 2 aromatic carbocycles. The molecule has 26 heavy (non-hydrogen) atoms. The largest absolute Gasteiger partial charge is 0.339 e. The van der Waals surface area contributed by atoms with E-state index in [1.807, 2.05) is 6.07 Å². The molecule has 3 rings (SSSR count). The van der Waals surface area contributed by atoms with Gasteiger partial charge >= 0.3 is 0 Å². The molecule has 1 heterocycles. The summed E-state index contributed by atoms with van der Waals surface area (Å²) < 4.78 is 0. The van der Waals surface area contributed by atoms with Crippen LogP contribution in [0.1, 0.15) is 27.6 Å². The van der Waals surface area contributed by atoms with E-state index in [0.717, 1.165) is 0 Å². The van der Waals surface area contributed by atoms with Crippen molar-refractivity contribution in [2.45, 2.75) is 6.92 Å². The summed E-state index contributed by atoms with van der Waals surface area (Å²) in [5.41, 5.74) is 1.47. The molecular weight excluding hydrogens is 330 g/mol. The van der Waals surface area contributed by atoms with Crippen molar-refractivity contribution in [1.82, 2.24) is 9.80 Å². The second-order valence-corrected chi connectivity index (χ2v) is 6.16. The lowest BCUT2D eigenvalue weighted by molar-refractivity contribution is -0.130. The molecule has 1 aliphatic rings. The van der Waals surface area contributed by atoms with E-state index < -0.39 is 0 Å². The average molecular weight is 351 g/mol. The number of amides is 3. The van der Waals surface area contributed by atoms with Crippen LogP contribution in [0.2, 0.25) is 0 Å². The van der Waals surface area contributed by atoms with Crippen molar-refractivity contribution in [3.05, 3.63) is 65.7 Å². The van der Waals surface area contributed by atoms with Crippen molar-refractivity contribution in [3.8, 4) is 0 Å². The molecule has 0 spiro atoms. The van der Waals surface area contributed by atoms with Gasteiger partial charge in [-0.25, -0.2) is 0 Å². The minimum atomic E-state index is -0.257. The number of rotatable bonds is 3. The van der Waals surface area contributed by atoms with E-state index in [1.165, 1.54) is 6.92 Å². The van der Waals surface area contributed by atoms with Crippen molar-refractivity contribution >= 4 is 23.4 Å². The average Bonchev–Trinajstić information content (AvgIpc) is 2.68. The van der Waals surface area contributed by atoms with Gasteiger partial charge in [-0.3, -0.25) is 14.4 Å². The number of hydrogen-bond donors (Lipinski definition) is 1. The summed E-state index contributed by atoms with van der Waals surface area (Å²) in [6.07, 6.45) is 0. The standard InChI is InChI=1S/C20H21N3O3/c1-15(24)22-11-13-23(14-12-22)20(26)17-9-5-6-10-18(17)21-19(25)16-7-3-2-4-8-16/h2-10H,11-14H2,1H3,(H,21,25). The molecule has 0 radical (unpaired) electrons. The van der Waals surface area contributed by atoms with E-state index >= 15 is 0 Å². The third kappa shape index (κ3) is 3.91. The van der Waals surface area contributed by atoms with Gasteiger partial charge in [0, 0.05) is 38.7 Å². The van der Waals surface area contributed by atoms with Gasteiger partial charge in [-0.05, 0) is 24.3 Å². The van der Waals surface area contributed by atoms with E-state index in [-0.39, 0.29) is 17.7 Å². The van der Waals surface area contributed by atoms with Gasteiger partial charge < -0.3 is 15.1 Å². The molecule has 134 valence electrons. The Bertz CT molecular complexity index is 812. The fourth-order valence-corrected chi connectivity index (χ4v) is 2.96. The Hall–Kier alpha value is -3.15. The lowest BCUT2D eigenvalue weighted by Gasteiger charge is -2.34. The third-order valence-electron chi connectivity index (χ3n) is 4.45. The van der Waals surface area contributed by atoms with Crippen LogP contribution < -0.4 is 5.32 Å². The monoisotopic (exact) mass is 351 g/mol. The van der Waals surface area contributed by atoms with Gasteiger partial charge in [-0.1, -0.05) is 30.3 Å². The fourth-order valence-electron chi connectivity index (χ4n) is 2.96. The van der Waals surface area contributed by atoms with Crippen molar-refractivity contribution in [1.29, 1.82) is 0 Å². The summed E-state index contributed by atoms with van der Waals surface area (Å²) >= 11 is 0. The highest BCUT2D eigenvalue weighted by Crippen LogP contribution is 2.19. The first kappa shape index (κ1) is 17.7. The SMILES string of the molecule is CC(=O)N1CCN(C(=O)c2ccccc2NC(=O)c2ccccc2)CC1. The first-order chi connectivity index (χ1) is 12.6. The lowest BCUT2D eigenvalue weighted by Crippen LogP contribution is -2.50. The molecule has 0 aliphatic carbocycles. The highest BCUT2D eigenvalue weighted by Gasteiger charge is 2.25. The number of nitrogens with zero attached hydrogens (tertiary/aromatic N) is 2. The maximum absolute atomic E-state index is 12.9. The van der Waals surface area contributed by atoms with E-state index in [1.54, 1.807) is 58.3 Å². The summed E-state index contributed by atoms with van der Waals surface area (Å²) in [5, 5.41) is 2.82. The molecule has 6 heteroatoms. The molecule has 6 nitrogen and oxygen atoms in total. The molecule has 0 aromatic heterocycles. The fraction of sp³-hybridized carbons (Fsp3) is 0.250. The van der Waals surface area contributed by atoms with Crippen molar-refractivity contribution in [2.75, 3.05) is 31.5 Å². The molecule has 0 unspecified atom stereocenters. The number of piperazine rings is 1. The number of carbonyl (C=O) groups excluding carboxylic acids is 3. The summed E-state index contributed by atoms with van der Waals surface area (Å²) in [4.78, 5) is 40.2. The van der Waals surface area contributed by atoms with Crippen molar-refractivity contribution in [3.63, 3.8) is 0 Å². The van der Waals surface area contributed by atoms with E-state index in [0.29, 0.717) is 43.0 Å². The second-order valence-electron chi connectivity index (χ2n) is 6.16. The first-order valence-electron chi connectivity index (χ1n) is 8.56. The third-order valence-corrected chi connectivity index (χ3v) is 4.45. The zero-order valence-corrected chi connectivity index (χ0v) is 14.6. The topological polar surface area (TPSA) is 69.7 Å². The van der Waals surface area contributed by atoms with Gasteiger partial charge in [0.15, 0.2) is 0 Å². The first-order valence-corrected chi connectivity index (χ1v) is 8.56. The molecule has 0 bridgehead atoms. The highest BCUT2D eigenvalue weighted by atomic mass is 16.2. The summed E-state index contributed by atoms with van der Waals surface area (Å²) in [6.45, 7) is 3.56. The highest BCUT2D eigenvalue weighted by molar-refractivity contribution is 6.09. The molecule has 1 aliphatic heterocycles. The van der Waals surface area contributed by atoms with Crippen LogP contribution in [0.25, 0.3) is 0 Å². The van der Waals surface area contributed by atoms with Gasteiger partial charge in [0.1, 0.15) is 0 Å². The van der Waals surface area contributed by atoms with Gasteiger partial charge in [0.05, 0.1) is 11.3 Å². The molecule has 0 atom stereocenters. The minimum Gasteiger partial charge on any atom is -0.339 e. The Balaban J connectivity index is 1.74. The summed E-state index contributed by atoms with van der Waals surface area (Å²) in [7, 11) is 0. The van der Waals surface area contributed by atoms with Crippen LogP contribution in [-0.2, 0) is 4.79 Å². The molecule has 1 N–H and O–H groups in total. The number of hydrogen-bond acceptors (Lipinski definition) is 3. The molecule has 2 aromatic rings. The van der Waals surface area contributed by atoms with Crippen LogP contribution in [0.3, 0.4) is 0 Å². The van der Waals surface area contributed by atoms with Crippen molar-refractivity contribution in [2.24, 2.45) is 0 Å². The van der Waals surface area contributed by atoms with Crippen LogP contribution in [0, 0.1) is 0 Å². The maximum Gasteiger partial charge on any atom is 0.256 e. The van der Waals surface area contributed by atoms with E-state index in [4.69, 9.17) is 0 Å². The number of para-hydroxylation sites is 1. The van der Waals surface area contributed by atoms with E-state index in [9.17, 15) is 14.4 Å². The smallest absolute Gasteiger partial charge is 0.256 e. The predicted octanol–water partition coefficient (Wildman–Crippen LogP) is 2.24. The predicted molar refractivity (Wildman–Crippen MR) is 99.0 cm³/mol. The van der Waals surface area contributed by atoms with Gasteiger partial charge in [-0.15, -0.1) is 0 Å². The number of anilines is 1. The number of nitrogens with one attached hydrogen (secondary N) is 1. The molecular formula is C20H21N3O3. The van der Waals surface area contributed by atoms with Crippen LogP contribution in [0.5, 0.6) is 0 Å². The van der Waals surface area contributed by atoms with Crippen molar-refractivity contribution < 1.29 is 14.4 Å². The molecule has 1 saturated heterocycles. The van der Waals surface area contributed by atoms with Crippen LogP contribution in [0.15, 0.2) is 54.6 Å². The van der Waals surface area contributed by atoms with Gasteiger partial charge in [0.2, 0.25) is 5.91 Å². The van der Waals surface area contributed by atoms with Crippen LogP contribution >= 0.6 is 0 Å². The Morgan fingerprint density at radius 3 is 2.04 bits per heavy atom. The minimum absolute atomic E-state index is 0.0209. The van der Waals surface area contributed by atoms with Crippen LogP contribution in [0.4, 0.5) is 5.69 Å². The number of carbonyl (C=O) groups is 3. The number of benzene rings is 2. The Kier molecular flexibility index (Phi) is 5.31. The molecule has 1 fully saturated rings. The second kappa shape index (κ2) is 7.82. The Morgan fingerprint density at radius 1 is 0.808 bits per heavy atom. The lowest BCUT2D eigenvalue weighted by atomic mass is 10.1. The quantitative estimate of drug-likeness (QED) is 0.922. The van der Waals surface area contributed by atoms with Gasteiger partial charge in [0.25, 0.3) is 11.8 Å². The summed E-state index contributed by atoms with van der Waals surface area (Å²) in [5.74, 6) is -0.378. The van der Waals surface area contributed by atoms with E-state index in [2.05, 4.69) is 5.32 Å². The van der Waals surface area contributed by atoms with Crippen LogP contribution in [-0.4, -0.2) is 53.7 Å². The molecule has 0 saturated carbocycles. The normalized spacial score (nSPS) is 14.0. The molecule has 3 amide bonds. The maximum atomic E-state index is 12.9. The Labute approximate surface area is 152 Å². The zero-order valence-electron chi connectivity index (χ0n) is 14.6. The van der Waals surface area contributed by atoms with Gasteiger partial charge in [-0.2, -0.15) is 0 Å². The summed E-state index contributed by atoms with van der Waals surface area (Å²) in [6, 6.07) is 15.9.